The number of amides is 1. The second-order valence-corrected chi connectivity index (χ2v) is 7.94. The number of likely N-dealkylation sites (tertiary alicyclic amines) is 1. The highest BCUT2D eigenvalue weighted by Gasteiger charge is 2.35. The van der Waals surface area contributed by atoms with Crippen LogP contribution in [0.1, 0.15) is 41.6 Å². The highest BCUT2D eigenvalue weighted by atomic mass is 32.1. The molecule has 0 unspecified atom stereocenters. The lowest BCUT2D eigenvalue weighted by molar-refractivity contribution is -0.132. The SMILES string of the molecule is Cc1cnc(C2(C)CCN(C(=O)CCc3ccccc3)CC2)s1. The quantitative estimate of drug-likeness (QED) is 0.851. The van der Waals surface area contributed by atoms with Gasteiger partial charge in [-0.15, -0.1) is 11.3 Å². The molecule has 0 spiro atoms. The number of thiazole rings is 1. The summed E-state index contributed by atoms with van der Waals surface area (Å²) in [5.74, 6) is 0.284. The molecule has 1 aromatic heterocycles. The average Bonchev–Trinajstić information content (AvgIpc) is 3.02. The molecule has 1 aromatic carbocycles. The molecule has 23 heavy (non-hydrogen) atoms. The van der Waals surface area contributed by atoms with Gasteiger partial charge >= 0.3 is 0 Å². The first kappa shape index (κ1) is 16.2. The van der Waals surface area contributed by atoms with Crippen LogP contribution in [0.15, 0.2) is 36.5 Å². The first-order chi connectivity index (χ1) is 11.1. The summed E-state index contributed by atoms with van der Waals surface area (Å²) in [7, 11) is 0. The number of piperidine rings is 1. The summed E-state index contributed by atoms with van der Waals surface area (Å²) < 4.78 is 0. The number of aryl methyl sites for hydroxylation is 2. The van der Waals surface area contributed by atoms with Crippen LogP contribution in [0.3, 0.4) is 0 Å². The minimum atomic E-state index is 0.134. The fraction of sp³-hybridized carbons (Fsp3) is 0.474. The molecule has 2 heterocycles. The van der Waals surface area contributed by atoms with Crippen LogP contribution in [-0.2, 0) is 16.6 Å². The van der Waals surface area contributed by atoms with E-state index in [-0.39, 0.29) is 11.3 Å². The maximum Gasteiger partial charge on any atom is 0.222 e. The van der Waals surface area contributed by atoms with Crippen LogP contribution in [-0.4, -0.2) is 28.9 Å². The highest BCUT2D eigenvalue weighted by Crippen LogP contribution is 2.37. The van der Waals surface area contributed by atoms with Crippen LogP contribution in [0.2, 0.25) is 0 Å². The molecule has 1 amide bonds. The number of carbonyl (C=O) groups is 1. The van der Waals surface area contributed by atoms with Gasteiger partial charge in [0.1, 0.15) is 0 Å². The Morgan fingerprint density at radius 3 is 2.57 bits per heavy atom. The third kappa shape index (κ3) is 3.81. The molecular formula is C19H24N2OS. The number of hydrogen-bond acceptors (Lipinski definition) is 3. The van der Waals surface area contributed by atoms with Crippen molar-refractivity contribution in [2.45, 2.75) is 44.9 Å². The molecule has 0 bridgehead atoms. The Kier molecular flexibility index (Phi) is 4.81. The van der Waals surface area contributed by atoms with E-state index in [1.54, 1.807) is 11.3 Å². The molecule has 0 atom stereocenters. The predicted molar refractivity (Wildman–Crippen MR) is 94.8 cm³/mol. The maximum atomic E-state index is 12.4. The Balaban J connectivity index is 1.53. The molecule has 122 valence electrons. The number of carbonyl (C=O) groups excluding carboxylic acids is 1. The minimum Gasteiger partial charge on any atom is -0.343 e. The van der Waals surface area contributed by atoms with Gasteiger partial charge in [-0.25, -0.2) is 4.98 Å². The molecule has 1 fully saturated rings. The molecule has 1 aliphatic rings. The van der Waals surface area contributed by atoms with Crippen LogP contribution in [0.25, 0.3) is 0 Å². The third-order valence-electron chi connectivity index (χ3n) is 4.83. The number of rotatable bonds is 4. The van der Waals surface area contributed by atoms with Crippen molar-refractivity contribution in [3.05, 3.63) is 52.0 Å². The Labute approximate surface area is 142 Å². The van der Waals surface area contributed by atoms with Crippen molar-refractivity contribution in [1.82, 2.24) is 9.88 Å². The van der Waals surface area contributed by atoms with Crippen molar-refractivity contribution in [2.24, 2.45) is 0 Å². The van der Waals surface area contributed by atoms with E-state index in [1.165, 1.54) is 15.4 Å². The standard InChI is InChI=1S/C19H24N2OS/c1-15-14-20-18(23-15)19(2)10-12-21(13-11-19)17(22)9-8-16-6-4-3-5-7-16/h3-7,14H,8-13H2,1-2H3. The van der Waals surface area contributed by atoms with E-state index in [4.69, 9.17) is 0 Å². The highest BCUT2D eigenvalue weighted by molar-refractivity contribution is 7.11. The molecule has 0 N–H and O–H groups in total. The summed E-state index contributed by atoms with van der Waals surface area (Å²) in [5, 5.41) is 1.23. The lowest BCUT2D eigenvalue weighted by atomic mass is 9.81. The van der Waals surface area contributed by atoms with Crippen LogP contribution in [0.4, 0.5) is 0 Å². The van der Waals surface area contributed by atoms with Crippen LogP contribution in [0.5, 0.6) is 0 Å². The Hall–Kier alpha value is -1.68. The topological polar surface area (TPSA) is 33.2 Å². The van der Waals surface area contributed by atoms with Gasteiger partial charge in [0.25, 0.3) is 0 Å². The zero-order valence-electron chi connectivity index (χ0n) is 13.9. The van der Waals surface area contributed by atoms with E-state index in [0.29, 0.717) is 6.42 Å². The molecular weight excluding hydrogens is 304 g/mol. The van der Waals surface area contributed by atoms with Crippen molar-refractivity contribution in [1.29, 1.82) is 0 Å². The number of nitrogens with zero attached hydrogens (tertiary/aromatic N) is 2. The molecule has 0 saturated carbocycles. The third-order valence-corrected chi connectivity index (χ3v) is 6.05. The van der Waals surface area contributed by atoms with Crippen LogP contribution >= 0.6 is 11.3 Å². The maximum absolute atomic E-state index is 12.4. The monoisotopic (exact) mass is 328 g/mol. The normalized spacial score (nSPS) is 17.2. The molecule has 4 heteroatoms. The van der Waals surface area contributed by atoms with E-state index in [2.05, 4.69) is 31.0 Å². The lowest BCUT2D eigenvalue weighted by Gasteiger charge is -2.38. The Morgan fingerprint density at radius 1 is 1.26 bits per heavy atom. The van der Waals surface area contributed by atoms with Gasteiger partial charge in [0.2, 0.25) is 5.91 Å². The first-order valence-corrected chi connectivity index (χ1v) is 9.13. The van der Waals surface area contributed by atoms with Gasteiger partial charge < -0.3 is 4.90 Å². The van der Waals surface area contributed by atoms with Gasteiger partial charge in [-0.2, -0.15) is 0 Å². The van der Waals surface area contributed by atoms with E-state index in [1.807, 2.05) is 29.3 Å². The minimum absolute atomic E-state index is 0.134. The van der Waals surface area contributed by atoms with Gasteiger partial charge in [0.15, 0.2) is 0 Å². The van der Waals surface area contributed by atoms with Crippen molar-refractivity contribution in [3.8, 4) is 0 Å². The summed E-state index contributed by atoms with van der Waals surface area (Å²) in [6.07, 6.45) is 5.42. The van der Waals surface area contributed by atoms with Crippen LogP contribution in [0, 0.1) is 6.92 Å². The summed E-state index contributed by atoms with van der Waals surface area (Å²) >= 11 is 1.80. The van der Waals surface area contributed by atoms with Gasteiger partial charge in [-0.3, -0.25) is 4.79 Å². The molecule has 0 aliphatic carbocycles. The van der Waals surface area contributed by atoms with E-state index in [9.17, 15) is 4.79 Å². The van der Waals surface area contributed by atoms with Gasteiger partial charge in [0.05, 0.1) is 5.01 Å². The van der Waals surface area contributed by atoms with Crippen molar-refractivity contribution >= 4 is 17.2 Å². The fourth-order valence-electron chi connectivity index (χ4n) is 3.15. The Bertz CT molecular complexity index is 657. The van der Waals surface area contributed by atoms with Gasteiger partial charge in [0, 0.05) is 36.0 Å². The van der Waals surface area contributed by atoms with Crippen LogP contribution < -0.4 is 0 Å². The molecule has 0 radical (unpaired) electrons. The van der Waals surface area contributed by atoms with Crippen molar-refractivity contribution in [3.63, 3.8) is 0 Å². The average molecular weight is 328 g/mol. The first-order valence-electron chi connectivity index (χ1n) is 8.31. The zero-order valence-corrected chi connectivity index (χ0v) is 14.7. The smallest absolute Gasteiger partial charge is 0.222 e. The fourth-order valence-corrected chi connectivity index (χ4v) is 4.12. The van der Waals surface area contributed by atoms with Crippen molar-refractivity contribution < 1.29 is 4.79 Å². The summed E-state index contributed by atoms with van der Waals surface area (Å²) in [6.45, 7) is 6.09. The van der Waals surface area contributed by atoms with Gasteiger partial charge in [-0.1, -0.05) is 37.3 Å². The number of aromatic nitrogens is 1. The summed E-state index contributed by atoms with van der Waals surface area (Å²) in [4.78, 5) is 20.3. The Morgan fingerprint density at radius 2 is 1.96 bits per heavy atom. The molecule has 2 aromatic rings. The zero-order chi connectivity index (χ0) is 16.3. The van der Waals surface area contributed by atoms with E-state index < -0.39 is 0 Å². The second kappa shape index (κ2) is 6.83. The lowest BCUT2D eigenvalue weighted by Crippen LogP contribution is -2.44. The molecule has 1 aliphatic heterocycles. The molecule has 3 nitrogen and oxygen atoms in total. The predicted octanol–water partition coefficient (Wildman–Crippen LogP) is 3.96. The molecule has 1 saturated heterocycles. The summed E-state index contributed by atoms with van der Waals surface area (Å²) in [6, 6.07) is 10.2. The summed E-state index contributed by atoms with van der Waals surface area (Å²) in [5.41, 5.74) is 1.37. The van der Waals surface area contributed by atoms with Crippen molar-refractivity contribution in [2.75, 3.05) is 13.1 Å². The molecule has 3 rings (SSSR count). The van der Waals surface area contributed by atoms with E-state index >= 15 is 0 Å². The number of hydrogen-bond donors (Lipinski definition) is 0. The van der Waals surface area contributed by atoms with E-state index in [0.717, 1.165) is 32.4 Å². The van der Waals surface area contributed by atoms with Gasteiger partial charge in [-0.05, 0) is 31.7 Å². The largest absolute Gasteiger partial charge is 0.343 e. The second-order valence-electron chi connectivity index (χ2n) is 6.70. The number of benzene rings is 1.